The molecule has 0 saturated carbocycles. The van der Waals surface area contributed by atoms with Gasteiger partial charge in [0.05, 0.1) is 6.21 Å². The third kappa shape index (κ3) is 4.94. The van der Waals surface area contributed by atoms with E-state index in [4.69, 9.17) is 16.3 Å². The average molecular weight is 365 g/mol. The number of rotatable bonds is 6. The molecule has 0 bridgehead atoms. The van der Waals surface area contributed by atoms with Gasteiger partial charge in [0.25, 0.3) is 5.91 Å². The van der Waals surface area contributed by atoms with Gasteiger partial charge in [0.15, 0.2) is 0 Å². The van der Waals surface area contributed by atoms with Crippen LogP contribution < -0.4 is 10.2 Å². The molecule has 3 aromatic rings. The maximum atomic E-state index is 12.0. The van der Waals surface area contributed by atoms with Crippen molar-refractivity contribution in [3.05, 3.63) is 101 Å². The second-order valence-corrected chi connectivity index (χ2v) is 5.95. The van der Waals surface area contributed by atoms with Gasteiger partial charge in [0.2, 0.25) is 0 Å². The topological polar surface area (TPSA) is 50.7 Å². The van der Waals surface area contributed by atoms with Crippen molar-refractivity contribution in [1.29, 1.82) is 0 Å². The van der Waals surface area contributed by atoms with Crippen molar-refractivity contribution in [3.8, 4) is 5.75 Å². The largest absolute Gasteiger partial charge is 0.488 e. The molecule has 0 aliphatic heterocycles. The molecule has 26 heavy (non-hydrogen) atoms. The number of halogens is 1. The minimum atomic E-state index is -0.305. The maximum absolute atomic E-state index is 12.0. The second kappa shape index (κ2) is 8.83. The predicted octanol–water partition coefficient (Wildman–Crippen LogP) is 4.68. The molecule has 0 aromatic heterocycles. The highest BCUT2D eigenvalue weighted by molar-refractivity contribution is 6.30. The number of amides is 1. The van der Waals surface area contributed by atoms with Crippen molar-refractivity contribution in [2.24, 2.45) is 5.10 Å². The third-order valence-corrected chi connectivity index (χ3v) is 3.88. The van der Waals surface area contributed by atoms with Crippen molar-refractivity contribution in [2.45, 2.75) is 6.61 Å². The smallest absolute Gasteiger partial charge is 0.271 e. The van der Waals surface area contributed by atoms with Crippen LogP contribution in [-0.2, 0) is 6.61 Å². The summed E-state index contributed by atoms with van der Waals surface area (Å²) in [4.78, 5) is 12.0. The molecule has 1 N–H and O–H groups in total. The Kier molecular flexibility index (Phi) is 6.01. The summed E-state index contributed by atoms with van der Waals surface area (Å²) >= 11 is 5.82. The molecule has 0 aliphatic carbocycles. The van der Waals surface area contributed by atoms with Gasteiger partial charge in [-0.05, 0) is 42.0 Å². The van der Waals surface area contributed by atoms with E-state index >= 15 is 0 Å². The first-order valence-corrected chi connectivity index (χ1v) is 8.45. The van der Waals surface area contributed by atoms with Crippen LogP contribution in [0.5, 0.6) is 5.75 Å². The van der Waals surface area contributed by atoms with Crippen LogP contribution in [0.1, 0.15) is 21.5 Å². The lowest BCUT2D eigenvalue weighted by Crippen LogP contribution is -2.17. The second-order valence-electron chi connectivity index (χ2n) is 5.52. The van der Waals surface area contributed by atoms with E-state index in [2.05, 4.69) is 10.5 Å². The van der Waals surface area contributed by atoms with Gasteiger partial charge in [0.1, 0.15) is 12.4 Å². The molecule has 4 nitrogen and oxygen atoms in total. The van der Waals surface area contributed by atoms with E-state index in [1.165, 1.54) is 0 Å². The molecule has 0 spiro atoms. The number of para-hydroxylation sites is 1. The SMILES string of the molecule is O=C(NN=Cc1ccccc1OCc1ccccc1)c1ccc(Cl)cc1. The van der Waals surface area contributed by atoms with E-state index in [0.717, 1.165) is 11.1 Å². The molecule has 0 radical (unpaired) electrons. The molecule has 0 atom stereocenters. The van der Waals surface area contributed by atoms with Crippen LogP contribution in [0.3, 0.4) is 0 Å². The van der Waals surface area contributed by atoms with E-state index in [9.17, 15) is 4.79 Å². The zero-order valence-corrected chi connectivity index (χ0v) is 14.7. The zero-order chi connectivity index (χ0) is 18.2. The van der Waals surface area contributed by atoms with Crippen LogP contribution in [0.25, 0.3) is 0 Å². The van der Waals surface area contributed by atoms with Gasteiger partial charge in [-0.25, -0.2) is 5.43 Å². The number of hydrogen-bond donors (Lipinski definition) is 1. The van der Waals surface area contributed by atoms with Crippen molar-refractivity contribution in [1.82, 2.24) is 5.43 Å². The van der Waals surface area contributed by atoms with Crippen molar-refractivity contribution >= 4 is 23.7 Å². The monoisotopic (exact) mass is 364 g/mol. The summed E-state index contributed by atoms with van der Waals surface area (Å²) in [6.45, 7) is 0.461. The molecule has 0 aliphatic rings. The van der Waals surface area contributed by atoms with Crippen LogP contribution in [0.4, 0.5) is 0 Å². The number of nitrogens with one attached hydrogen (secondary N) is 1. The first-order valence-electron chi connectivity index (χ1n) is 8.07. The zero-order valence-electron chi connectivity index (χ0n) is 13.9. The summed E-state index contributed by atoms with van der Waals surface area (Å²) in [5.41, 5.74) is 4.84. The molecule has 0 unspecified atom stereocenters. The Balaban J connectivity index is 1.63. The highest BCUT2D eigenvalue weighted by atomic mass is 35.5. The minimum Gasteiger partial charge on any atom is -0.488 e. The lowest BCUT2D eigenvalue weighted by molar-refractivity contribution is 0.0955. The summed E-state index contributed by atoms with van der Waals surface area (Å²) < 4.78 is 5.86. The van der Waals surface area contributed by atoms with Crippen LogP contribution in [-0.4, -0.2) is 12.1 Å². The number of hydrogen-bond acceptors (Lipinski definition) is 3. The van der Waals surface area contributed by atoms with Crippen LogP contribution in [0, 0.1) is 0 Å². The highest BCUT2D eigenvalue weighted by Gasteiger charge is 2.04. The van der Waals surface area contributed by atoms with Gasteiger partial charge in [0, 0.05) is 16.1 Å². The number of nitrogens with zero attached hydrogens (tertiary/aromatic N) is 1. The van der Waals surface area contributed by atoms with Gasteiger partial charge < -0.3 is 4.74 Å². The molecular weight excluding hydrogens is 348 g/mol. The fourth-order valence-electron chi connectivity index (χ4n) is 2.28. The van der Waals surface area contributed by atoms with E-state index in [0.29, 0.717) is 22.9 Å². The maximum Gasteiger partial charge on any atom is 0.271 e. The normalized spacial score (nSPS) is 10.7. The fourth-order valence-corrected chi connectivity index (χ4v) is 2.41. The van der Waals surface area contributed by atoms with E-state index in [1.807, 2.05) is 54.6 Å². The molecule has 0 saturated heterocycles. The minimum absolute atomic E-state index is 0.305. The molecule has 1 amide bonds. The van der Waals surface area contributed by atoms with Gasteiger partial charge in [-0.1, -0.05) is 54.1 Å². The highest BCUT2D eigenvalue weighted by Crippen LogP contribution is 2.17. The lowest BCUT2D eigenvalue weighted by Gasteiger charge is -2.09. The van der Waals surface area contributed by atoms with Gasteiger partial charge in [-0.3, -0.25) is 4.79 Å². The molecule has 5 heteroatoms. The Labute approximate surface area is 157 Å². The Morgan fingerprint density at radius 1 is 0.962 bits per heavy atom. The first kappa shape index (κ1) is 17.7. The summed E-state index contributed by atoms with van der Waals surface area (Å²) in [6, 6.07) is 24.0. The van der Waals surface area contributed by atoms with Crippen molar-refractivity contribution in [3.63, 3.8) is 0 Å². The quantitative estimate of drug-likeness (QED) is 0.510. The van der Waals surface area contributed by atoms with Crippen LogP contribution in [0.2, 0.25) is 5.02 Å². The number of carbonyl (C=O) groups excluding carboxylic acids is 1. The summed E-state index contributed by atoms with van der Waals surface area (Å²) in [6.07, 6.45) is 1.56. The van der Waals surface area contributed by atoms with Gasteiger partial charge in [-0.2, -0.15) is 5.10 Å². The molecule has 130 valence electrons. The Hall–Kier alpha value is -3.11. The predicted molar refractivity (Wildman–Crippen MR) is 104 cm³/mol. The van der Waals surface area contributed by atoms with E-state index in [1.54, 1.807) is 30.5 Å². The van der Waals surface area contributed by atoms with Gasteiger partial charge in [-0.15, -0.1) is 0 Å². The summed E-state index contributed by atoms with van der Waals surface area (Å²) in [5.74, 6) is 0.390. The number of carbonyl (C=O) groups is 1. The Morgan fingerprint density at radius 2 is 1.65 bits per heavy atom. The van der Waals surface area contributed by atoms with Crippen LogP contribution in [0.15, 0.2) is 84.0 Å². The molecule has 0 fully saturated rings. The van der Waals surface area contributed by atoms with E-state index in [-0.39, 0.29) is 5.91 Å². The van der Waals surface area contributed by atoms with Crippen molar-refractivity contribution < 1.29 is 9.53 Å². The van der Waals surface area contributed by atoms with E-state index < -0.39 is 0 Å². The van der Waals surface area contributed by atoms with Gasteiger partial charge >= 0.3 is 0 Å². The molecule has 3 rings (SSSR count). The first-order chi connectivity index (χ1) is 12.7. The standard InChI is InChI=1S/C21H17ClN2O2/c22-19-12-10-17(11-13-19)21(25)24-23-14-18-8-4-5-9-20(18)26-15-16-6-2-1-3-7-16/h1-14H,15H2,(H,24,25). The number of benzene rings is 3. The summed E-state index contributed by atoms with van der Waals surface area (Å²) in [7, 11) is 0. The fraction of sp³-hybridized carbons (Fsp3) is 0.0476. The molecule has 0 heterocycles. The number of ether oxygens (including phenoxy) is 1. The summed E-state index contributed by atoms with van der Waals surface area (Å²) in [5, 5.41) is 4.60. The Bertz CT molecular complexity index is 893. The average Bonchev–Trinajstić information content (AvgIpc) is 2.68. The Morgan fingerprint density at radius 3 is 2.42 bits per heavy atom. The molecular formula is C21H17ClN2O2. The van der Waals surface area contributed by atoms with Crippen LogP contribution >= 0.6 is 11.6 Å². The third-order valence-electron chi connectivity index (χ3n) is 3.63. The van der Waals surface area contributed by atoms with Crippen molar-refractivity contribution in [2.75, 3.05) is 0 Å². The molecule has 3 aromatic carbocycles. The number of hydrazone groups is 1. The lowest BCUT2D eigenvalue weighted by atomic mass is 10.2.